The number of hydrogen-bond acceptors (Lipinski definition) is 2. The number of aliphatic hydroxyl groups is 1. The molecule has 2 heteroatoms. The lowest BCUT2D eigenvalue weighted by molar-refractivity contribution is 0.200. The molecule has 0 heterocycles. The number of hydrogen-bond donors (Lipinski definition) is 1. The smallest absolute Gasteiger partial charge is 0.123 e. The van der Waals surface area contributed by atoms with Gasteiger partial charge in [0.1, 0.15) is 12.4 Å². The molecule has 0 aliphatic rings. The van der Waals surface area contributed by atoms with Gasteiger partial charge in [0.05, 0.1) is 6.61 Å². The highest BCUT2D eigenvalue weighted by Crippen LogP contribution is 2.32. The molecule has 2 nitrogen and oxygen atoms in total. The minimum Gasteiger partial charge on any atom is -0.491 e. The van der Waals surface area contributed by atoms with Crippen LogP contribution >= 0.6 is 0 Å². The van der Waals surface area contributed by atoms with Gasteiger partial charge in [0.25, 0.3) is 0 Å². The fourth-order valence-corrected chi connectivity index (χ4v) is 4.01. The molecule has 0 bridgehead atoms. The summed E-state index contributed by atoms with van der Waals surface area (Å²) in [7, 11) is 0. The quantitative estimate of drug-likeness (QED) is 0.378. The lowest BCUT2D eigenvalue weighted by Crippen LogP contribution is -2.09. The largest absolute Gasteiger partial charge is 0.491 e. The third-order valence-corrected chi connectivity index (χ3v) is 5.52. The zero-order valence-electron chi connectivity index (χ0n) is 17.7. The van der Waals surface area contributed by atoms with Crippen molar-refractivity contribution in [3.8, 4) is 5.75 Å². The van der Waals surface area contributed by atoms with E-state index in [1.54, 1.807) is 0 Å². The Labute approximate surface area is 184 Å². The molecule has 0 unspecified atom stereocenters. The van der Waals surface area contributed by atoms with Crippen molar-refractivity contribution < 1.29 is 9.84 Å². The summed E-state index contributed by atoms with van der Waals surface area (Å²) in [6.07, 6.45) is 2.53. The molecule has 0 amide bonds. The second kappa shape index (κ2) is 10.6. The van der Waals surface area contributed by atoms with Crippen molar-refractivity contribution in [2.75, 3.05) is 13.2 Å². The third kappa shape index (κ3) is 5.62. The van der Waals surface area contributed by atoms with E-state index in [1.807, 2.05) is 6.07 Å². The molecule has 0 spiro atoms. The number of rotatable bonds is 9. The molecule has 0 aliphatic carbocycles. The van der Waals surface area contributed by atoms with Crippen molar-refractivity contribution in [3.63, 3.8) is 0 Å². The van der Waals surface area contributed by atoms with Crippen molar-refractivity contribution in [1.82, 2.24) is 0 Å². The van der Waals surface area contributed by atoms with Crippen LogP contribution in [-0.4, -0.2) is 18.3 Å². The molecule has 156 valence electrons. The molecule has 0 fully saturated rings. The average molecular weight is 409 g/mol. The minimum absolute atomic E-state index is 0.00453. The van der Waals surface area contributed by atoms with E-state index in [-0.39, 0.29) is 6.61 Å². The maximum absolute atomic E-state index is 9.34. The van der Waals surface area contributed by atoms with Crippen LogP contribution in [0.15, 0.2) is 103 Å². The molecule has 0 saturated heterocycles. The second-order valence-electron chi connectivity index (χ2n) is 7.74. The van der Waals surface area contributed by atoms with Crippen molar-refractivity contribution in [2.45, 2.75) is 19.3 Å². The van der Waals surface area contributed by atoms with E-state index in [0.717, 1.165) is 25.0 Å². The lowest BCUT2D eigenvalue weighted by Gasteiger charge is -2.20. The predicted octanol–water partition coefficient (Wildman–Crippen LogP) is 5.83. The van der Waals surface area contributed by atoms with Crippen molar-refractivity contribution >= 4 is 0 Å². The average Bonchev–Trinajstić information content (AvgIpc) is 2.82. The van der Waals surface area contributed by atoms with Crippen LogP contribution in [0.4, 0.5) is 0 Å². The van der Waals surface area contributed by atoms with Gasteiger partial charge in [-0.1, -0.05) is 97.1 Å². The summed E-state index contributed by atoms with van der Waals surface area (Å²) < 4.78 is 5.99. The van der Waals surface area contributed by atoms with Gasteiger partial charge < -0.3 is 9.84 Å². The van der Waals surface area contributed by atoms with E-state index >= 15 is 0 Å². The first-order valence-electron chi connectivity index (χ1n) is 10.8. The number of ether oxygens (including phenoxy) is 1. The highest BCUT2D eigenvalue weighted by molar-refractivity contribution is 5.51. The predicted molar refractivity (Wildman–Crippen MR) is 127 cm³/mol. The minimum atomic E-state index is 0.00453. The summed E-state index contributed by atoms with van der Waals surface area (Å²) in [6.45, 7) is 0.301. The molecule has 31 heavy (non-hydrogen) atoms. The summed E-state index contributed by atoms with van der Waals surface area (Å²) in [5.41, 5.74) is 7.67. The van der Waals surface area contributed by atoms with E-state index < -0.39 is 0 Å². The maximum atomic E-state index is 9.34. The van der Waals surface area contributed by atoms with Gasteiger partial charge in [0.2, 0.25) is 0 Å². The van der Waals surface area contributed by atoms with Crippen molar-refractivity contribution in [3.05, 3.63) is 137 Å². The maximum Gasteiger partial charge on any atom is 0.123 e. The van der Waals surface area contributed by atoms with Crippen LogP contribution in [0.5, 0.6) is 5.75 Å². The van der Waals surface area contributed by atoms with Crippen LogP contribution in [-0.2, 0) is 19.3 Å². The highest BCUT2D eigenvalue weighted by atomic mass is 16.5. The topological polar surface area (TPSA) is 29.5 Å². The molecule has 0 saturated carbocycles. The molecular formula is C29H28O2. The van der Waals surface area contributed by atoms with Gasteiger partial charge in [-0.15, -0.1) is 0 Å². The first-order chi connectivity index (χ1) is 15.3. The Hall–Kier alpha value is -3.36. The van der Waals surface area contributed by atoms with Crippen LogP contribution < -0.4 is 4.74 Å². The Kier molecular flexibility index (Phi) is 7.15. The van der Waals surface area contributed by atoms with Crippen LogP contribution in [0.1, 0.15) is 33.4 Å². The first-order valence-corrected chi connectivity index (χ1v) is 10.8. The summed E-state index contributed by atoms with van der Waals surface area (Å²) >= 11 is 0. The van der Waals surface area contributed by atoms with E-state index in [4.69, 9.17) is 4.74 Å². The fourth-order valence-electron chi connectivity index (χ4n) is 4.01. The normalized spacial score (nSPS) is 10.7. The van der Waals surface area contributed by atoms with Gasteiger partial charge in [-0.3, -0.25) is 0 Å². The SMILES string of the molecule is OCCOc1ccc(Cc2ccccc2)c(Cc2ccccc2)c1Cc1ccccc1. The zero-order chi connectivity index (χ0) is 21.3. The molecule has 4 rings (SSSR count). The Morgan fingerprint density at radius 3 is 1.52 bits per heavy atom. The van der Waals surface area contributed by atoms with Gasteiger partial charge in [-0.2, -0.15) is 0 Å². The summed E-state index contributed by atoms with van der Waals surface area (Å²) in [4.78, 5) is 0. The first kappa shape index (κ1) is 20.9. The molecule has 1 N–H and O–H groups in total. The van der Waals surface area contributed by atoms with Crippen LogP contribution in [0.25, 0.3) is 0 Å². The Bertz CT molecular complexity index is 1070. The number of aliphatic hydroxyl groups excluding tert-OH is 1. The zero-order valence-corrected chi connectivity index (χ0v) is 17.7. The van der Waals surface area contributed by atoms with Gasteiger partial charge >= 0.3 is 0 Å². The molecule has 0 aliphatic heterocycles. The van der Waals surface area contributed by atoms with Crippen molar-refractivity contribution in [2.24, 2.45) is 0 Å². The number of benzene rings is 4. The highest BCUT2D eigenvalue weighted by Gasteiger charge is 2.16. The van der Waals surface area contributed by atoms with E-state index in [9.17, 15) is 5.11 Å². The molecule has 4 aromatic rings. The molecule has 0 radical (unpaired) electrons. The van der Waals surface area contributed by atoms with Gasteiger partial charge in [0.15, 0.2) is 0 Å². The fraction of sp³-hybridized carbons (Fsp3) is 0.172. The standard InChI is InChI=1S/C29H28O2/c30-18-19-31-29-17-16-26(20-23-10-4-1-5-11-23)27(21-24-12-6-2-7-13-24)28(29)22-25-14-8-3-9-15-25/h1-17,30H,18-22H2. The van der Waals surface area contributed by atoms with Gasteiger partial charge in [-0.25, -0.2) is 0 Å². The van der Waals surface area contributed by atoms with E-state index in [2.05, 4.69) is 97.1 Å². The molecule has 0 aromatic heterocycles. The Balaban J connectivity index is 1.80. The van der Waals surface area contributed by atoms with Crippen LogP contribution in [0.3, 0.4) is 0 Å². The summed E-state index contributed by atoms with van der Waals surface area (Å²) in [5, 5.41) is 9.34. The van der Waals surface area contributed by atoms with E-state index in [1.165, 1.54) is 33.4 Å². The summed E-state index contributed by atoms with van der Waals surface area (Å²) in [6, 6.07) is 36.0. The molecule has 0 atom stereocenters. The summed E-state index contributed by atoms with van der Waals surface area (Å²) in [5.74, 6) is 0.862. The second-order valence-corrected chi connectivity index (χ2v) is 7.74. The van der Waals surface area contributed by atoms with Gasteiger partial charge in [0, 0.05) is 12.0 Å². The molecular weight excluding hydrogens is 380 g/mol. The Morgan fingerprint density at radius 2 is 1.00 bits per heavy atom. The third-order valence-electron chi connectivity index (χ3n) is 5.52. The van der Waals surface area contributed by atoms with Crippen LogP contribution in [0.2, 0.25) is 0 Å². The monoisotopic (exact) mass is 408 g/mol. The van der Waals surface area contributed by atoms with Crippen LogP contribution in [0, 0.1) is 0 Å². The Morgan fingerprint density at radius 1 is 0.516 bits per heavy atom. The lowest BCUT2D eigenvalue weighted by atomic mass is 9.88. The van der Waals surface area contributed by atoms with Crippen molar-refractivity contribution in [1.29, 1.82) is 0 Å². The van der Waals surface area contributed by atoms with Gasteiger partial charge in [-0.05, 0) is 46.7 Å². The van der Waals surface area contributed by atoms with E-state index in [0.29, 0.717) is 6.61 Å². The molecule has 4 aromatic carbocycles.